The van der Waals surface area contributed by atoms with E-state index in [1.165, 1.54) is 7.76 Å². The summed E-state index contributed by atoms with van der Waals surface area (Å²) in [6.45, 7) is 6.69. The Morgan fingerprint density at radius 2 is 2.12 bits per heavy atom. The van der Waals surface area contributed by atoms with Crippen molar-refractivity contribution >= 4 is 45.9 Å². The summed E-state index contributed by atoms with van der Waals surface area (Å²) in [5.74, 6) is -0.0770. The second-order valence-corrected chi connectivity index (χ2v) is 9.99. The minimum atomic E-state index is -0.550. The molecule has 1 saturated heterocycles. The number of nitrogens with one attached hydrogen (secondary N) is 1. The summed E-state index contributed by atoms with van der Waals surface area (Å²) in [7, 11) is 0. The number of nitrogens with zero attached hydrogens (tertiary/aromatic N) is 1. The van der Waals surface area contributed by atoms with Crippen molar-refractivity contribution in [3.63, 3.8) is 0 Å². The minimum Gasteiger partial charge on any atom is -0.444 e. The maximum atomic E-state index is 12.5. The zero-order chi connectivity index (χ0) is 17.7. The molecule has 1 N–H and O–H groups in total. The first kappa shape index (κ1) is 19.5. The second-order valence-electron chi connectivity index (χ2n) is 6.93. The Hall–Kier alpha value is -0.830. The van der Waals surface area contributed by atoms with Gasteiger partial charge in [-0.3, -0.25) is 9.69 Å². The van der Waals surface area contributed by atoms with Gasteiger partial charge in [0.15, 0.2) is 0 Å². The number of carbonyl (C=O) groups excluding carboxylic acids is 2. The van der Waals surface area contributed by atoms with E-state index in [1.807, 2.05) is 20.8 Å². The number of rotatable bonds is 4. The van der Waals surface area contributed by atoms with E-state index in [4.69, 9.17) is 4.74 Å². The van der Waals surface area contributed by atoms with Gasteiger partial charge >= 0.3 is 6.09 Å². The molecule has 2 rings (SSSR count). The first-order chi connectivity index (χ1) is 11.3. The highest BCUT2D eigenvalue weighted by molar-refractivity contribution is 14.1. The Morgan fingerprint density at radius 1 is 1.38 bits per heavy atom. The lowest BCUT2D eigenvalue weighted by molar-refractivity contribution is -0.127. The molecule has 1 aliphatic rings. The Balaban J connectivity index is 1.88. The highest BCUT2D eigenvalue weighted by Gasteiger charge is 2.34. The standard InChI is InChI=1S/C17H25IN2O3S/c1-17(2,3)23-16(22)20-11-5-4-6-13(20)15(21)19-10-9-12-7-8-14(18)24-12/h7-8,13H,4-6,9-11H2,1-3H3,(H,19,21)/t13-/m1/s1. The number of hydrogen-bond donors (Lipinski definition) is 1. The lowest BCUT2D eigenvalue weighted by Gasteiger charge is -2.35. The molecule has 0 saturated carbocycles. The van der Waals surface area contributed by atoms with Crippen LogP contribution in [0.5, 0.6) is 0 Å². The zero-order valence-corrected chi connectivity index (χ0v) is 17.4. The van der Waals surface area contributed by atoms with Gasteiger partial charge in [0.2, 0.25) is 5.91 Å². The van der Waals surface area contributed by atoms with Gasteiger partial charge in [0.05, 0.1) is 2.88 Å². The normalized spacial score (nSPS) is 18.3. The van der Waals surface area contributed by atoms with Crippen LogP contribution in [-0.2, 0) is 16.0 Å². The molecule has 0 spiro atoms. The largest absolute Gasteiger partial charge is 0.444 e. The Bertz CT molecular complexity index is 583. The van der Waals surface area contributed by atoms with Crippen LogP contribution in [-0.4, -0.2) is 41.6 Å². The lowest BCUT2D eigenvalue weighted by Crippen LogP contribution is -2.53. The molecule has 7 heteroatoms. The number of ether oxygens (including phenoxy) is 1. The topological polar surface area (TPSA) is 58.6 Å². The number of piperidine rings is 1. The fraction of sp³-hybridized carbons (Fsp3) is 0.647. The Morgan fingerprint density at radius 3 is 2.75 bits per heavy atom. The molecule has 0 aromatic carbocycles. The zero-order valence-electron chi connectivity index (χ0n) is 14.4. The van der Waals surface area contributed by atoms with E-state index in [9.17, 15) is 9.59 Å². The van der Waals surface area contributed by atoms with Crippen LogP contribution in [0.15, 0.2) is 12.1 Å². The predicted octanol–water partition coefficient (Wildman–Crippen LogP) is 3.80. The van der Waals surface area contributed by atoms with Crippen LogP contribution in [0.1, 0.15) is 44.9 Å². The molecule has 0 radical (unpaired) electrons. The van der Waals surface area contributed by atoms with Crippen molar-refractivity contribution in [2.75, 3.05) is 13.1 Å². The third kappa shape index (κ3) is 5.91. The molecular weight excluding hydrogens is 439 g/mol. The molecule has 1 fully saturated rings. The molecule has 1 aliphatic heterocycles. The molecule has 2 amide bonds. The van der Waals surface area contributed by atoms with Crippen molar-refractivity contribution in [3.8, 4) is 0 Å². The van der Waals surface area contributed by atoms with Gasteiger partial charge in [0.1, 0.15) is 11.6 Å². The van der Waals surface area contributed by atoms with E-state index in [2.05, 4.69) is 40.0 Å². The predicted molar refractivity (Wildman–Crippen MR) is 104 cm³/mol. The third-order valence-electron chi connectivity index (χ3n) is 3.73. The molecule has 134 valence electrons. The summed E-state index contributed by atoms with van der Waals surface area (Å²) < 4.78 is 6.69. The van der Waals surface area contributed by atoms with Gasteiger partial charge in [0, 0.05) is 18.0 Å². The average Bonchev–Trinajstić information content (AvgIpc) is 2.91. The summed E-state index contributed by atoms with van der Waals surface area (Å²) in [6, 6.07) is 3.75. The van der Waals surface area contributed by atoms with Gasteiger partial charge in [-0.1, -0.05) is 0 Å². The summed E-state index contributed by atoms with van der Waals surface area (Å²) in [4.78, 5) is 27.7. The molecule has 2 heterocycles. The molecule has 5 nitrogen and oxygen atoms in total. The van der Waals surface area contributed by atoms with Crippen LogP contribution in [0.4, 0.5) is 4.79 Å². The SMILES string of the molecule is CC(C)(C)OC(=O)N1CCCC[C@@H]1C(=O)NCCc1ccc(I)s1. The Kier molecular flexibility index (Phi) is 6.91. The van der Waals surface area contributed by atoms with Gasteiger partial charge in [-0.2, -0.15) is 0 Å². The van der Waals surface area contributed by atoms with E-state index in [0.717, 1.165) is 19.3 Å². The maximum absolute atomic E-state index is 12.5. The van der Waals surface area contributed by atoms with E-state index in [1.54, 1.807) is 16.2 Å². The summed E-state index contributed by atoms with van der Waals surface area (Å²) in [6.07, 6.45) is 2.99. The van der Waals surface area contributed by atoms with Crippen LogP contribution < -0.4 is 5.32 Å². The first-order valence-electron chi connectivity index (χ1n) is 8.28. The summed E-state index contributed by atoms with van der Waals surface area (Å²) in [5, 5.41) is 2.97. The van der Waals surface area contributed by atoms with Gasteiger partial charge in [0.25, 0.3) is 0 Å². The molecule has 1 aromatic rings. The molecule has 0 unspecified atom stereocenters. The quantitative estimate of drug-likeness (QED) is 0.690. The summed E-state index contributed by atoms with van der Waals surface area (Å²) >= 11 is 4.03. The molecule has 1 aromatic heterocycles. The van der Waals surface area contributed by atoms with Crippen molar-refractivity contribution in [2.24, 2.45) is 0 Å². The number of amides is 2. The van der Waals surface area contributed by atoms with Gasteiger partial charge in [-0.05, 0) is 81.2 Å². The van der Waals surface area contributed by atoms with Gasteiger partial charge in [-0.25, -0.2) is 4.79 Å². The van der Waals surface area contributed by atoms with Crippen molar-refractivity contribution in [3.05, 3.63) is 19.9 Å². The highest BCUT2D eigenvalue weighted by atomic mass is 127. The fourth-order valence-electron chi connectivity index (χ4n) is 2.66. The molecule has 24 heavy (non-hydrogen) atoms. The number of halogens is 1. The lowest BCUT2D eigenvalue weighted by atomic mass is 10.0. The molecular formula is C17H25IN2O3S. The van der Waals surface area contributed by atoms with E-state index in [0.29, 0.717) is 19.5 Å². The molecule has 0 bridgehead atoms. The monoisotopic (exact) mass is 464 g/mol. The number of likely N-dealkylation sites (tertiary alicyclic amines) is 1. The Labute approximate surface area is 161 Å². The second kappa shape index (κ2) is 8.51. The minimum absolute atomic E-state index is 0.0770. The smallest absolute Gasteiger partial charge is 0.410 e. The highest BCUT2D eigenvalue weighted by Crippen LogP contribution is 2.21. The average molecular weight is 464 g/mol. The maximum Gasteiger partial charge on any atom is 0.410 e. The molecule has 0 aliphatic carbocycles. The van der Waals surface area contributed by atoms with Crippen molar-refractivity contribution in [1.82, 2.24) is 10.2 Å². The number of carbonyl (C=O) groups is 2. The van der Waals surface area contributed by atoms with Gasteiger partial charge < -0.3 is 10.1 Å². The van der Waals surface area contributed by atoms with E-state index in [-0.39, 0.29) is 5.91 Å². The first-order valence-corrected chi connectivity index (χ1v) is 10.2. The van der Waals surface area contributed by atoms with Crippen LogP contribution in [0.2, 0.25) is 0 Å². The van der Waals surface area contributed by atoms with Crippen LogP contribution >= 0.6 is 33.9 Å². The fourth-order valence-corrected chi connectivity index (χ4v) is 4.41. The van der Waals surface area contributed by atoms with Gasteiger partial charge in [-0.15, -0.1) is 11.3 Å². The summed E-state index contributed by atoms with van der Waals surface area (Å²) in [5.41, 5.74) is -0.550. The van der Waals surface area contributed by atoms with Crippen LogP contribution in [0, 0.1) is 2.88 Å². The number of hydrogen-bond acceptors (Lipinski definition) is 4. The third-order valence-corrected chi connectivity index (χ3v) is 5.69. The molecule has 1 atom stereocenters. The van der Waals surface area contributed by atoms with E-state index >= 15 is 0 Å². The van der Waals surface area contributed by atoms with Crippen molar-refractivity contribution in [1.29, 1.82) is 0 Å². The number of thiophene rings is 1. The van der Waals surface area contributed by atoms with Crippen molar-refractivity contribution < 1.29 is 14.3 Å². The van der Waals surface area contributed by atoms with Crippen LogP contribution in [0.3, 0.4) is 0 Å². The van der Waals surface area contributed by atoms with Crippen molar-refractivity contribution in [2.45, 2.75) is 58.1 Å². The van der Waals surface area contributed by atoms with Crippen LogP contribution in [0.25, 0.3) is 0 Å². The van der Waals surface area contributed by atoms with E-state index < -0.39 is 17.7 Å².